The van der Waals surface area contributed by atoms with Crippen LogP contribution >= 0.6 is 12.2 Å². The van der Waals surface area contributed by atoms with Crippen molar-refractivity contribution >= 4 is 28.9 Å². The van der Waals surface area contributed by atoms with Gasteiger partial charge in [0, 0.05) is 17.9 Å². The van der Waals surface area contributed by atoms with Gasteiger partial charge in [0.05, 0.1) is 6.61 Å². The zero-order valence-corrected chi connectivity index (χ0v) is 15.2. The number of carbonyl (C=O) groups excluding carboxylic acids is 1. The Balaban J connectivity index is 1.83. The summed E-state index contributed by atoms with van der Waals surface area (Å²) in [5.41, 5.74) is 2.49. The molecule has 0 aliphatic rings. The minimum Gasteiger partial charge on any atom is -0.491 e. The van der Waals surface area contributed by atoms with Crippen molar-refractivity contribution in [3.63, 3.8) is 0 Å². The Morgan fingerprint density at radius 1 is 1.04 bits per heavy atom. The summed E-state index contributed by atoms with van der Waals surface area (Å²) in [6, 6.07) is 14.6. The zero-order valence-electron chi connectivity index (χ0n) is 14.4. The maximum Gasteiger partial charge on any atom is 0.257 e. The van der Waals surface area contributed by atoms with Gasteiger partial charge < -0.3 is 14.8 Å². The number of rotatable bonds is 7. The zero-order chi connectivity index (χ0) is 18.1. The Hall–Kier alpha value is -2.44. The average molecular weight is 358 g/mol. The Kier molecular flexibility index (Phi) is 7.37. The smallest absolute Gasteiger partial charge is 0.257 e. The van der Waals surface area contributed by atoms with E-state index in [0.717, 1.165) is 11.3 Å². The van der Waals surface area contributed by atoms with Crippen molar-refractivity contribution in [2.24, 2.45) is 0 Å². The first-order chi connectivity index (χ1) is 12.1. The molecular weight excluding hydrogens is 336 g/mol. The molecule has 2 aromatic rings. The number of hydrogen-bond donors (Lipinski definition) is 2. The number of hydrogen-bond acceptors (Lipinski definition) is 4. The van der Waals surface area contributed by atoms with Crippen molar-refractivity contribution in [3.05, 3.63) is 59.7 Å². The number of amides is 1. The van der Waals surface area contributed by atoms with Crippen LogP contribution in [0.4, 0.5) is 5.69 Å². The van der Waals surface area contributed by atoms with Gasteiger partial charge in [-0.2, -0.15) is 0 Å². The van der Waals surface area contributed by atoms with Crippen LogP contribution in [-0.4, -0.2) is 30.8 Å². The molecule has 2 N–H and O–H groups in total. The van der Waals surface area contributed by atoms with E-state index in [1.807, 2.05) is 38.1 Å². The van der Waals surface area contributed by atoms with Crippen molar-refractivity contribution in [1.29, 1.82) is 0 Å². The molecule has 0 radical (unpaired) electrons. The second-order valence-electron chi connectivity index (χ2n) is 5.34. The second-order valence-corrected chi connectivity index (χ2v) is 5.75. The Morgan fingerprint density at radius 2 is 1.72 bits per heavy atom. The van der Waals surface area contributed by atoms with Gasteiger partial charge in [0.1, 0.15) is 12.4 Å². The van der Waals surface area contributed by atoms with Crippen molar-refractivity contribution in [3.8, 4) is 5.75 Å². The van der Waals surface area contributed by atoms with Gasteiger partial charge in [0.25, 0.3) is 5.91 Å². The van der Waals surface area contributed by atoms with E-state index in [4.69, 9.17) is 21.7 Å². The molecule has 0 aliphatic heterocycles. The van der Waals surface area contributed by atoms with Crippen LogP contribution in [0.15, 0.2) is 48.5 Å². The minimum absolute atomic E-state index is 0.255. The molecule has 2 rings (SSSR count). The largest absolute Gasteiger partial charge is 0.491 e. The number of thiocarbonyl (C=S) groups is 1. The summed E-state index contributed by atoms with van der Waals surface area (Å²) in [5.74, 6) is 0.419. The second kappa shape index (κ2) is 9.76. The molecule has 0 atom stereocenters. The third-order valence-corrected chi connectivity index (χ3v) is 3.56. The lowest BCUT2D eigenvalue weighted by Crippen LogP contribution is -2.34. The maximum atomic E-state index is 12.2. The Labute approximate surface area is 153 Å². The van der Waals surface area contributed by atoms with Crippen LogP contribution in [-0.2, 0) is 4.74 Å². The predicted octanol–water partition coefficient (Wildman–Crippen LogP) is 3.54. The summed E-state index contributed by atoms with van der Waals surface area (Å²) >= 11 is 5.17. The van der Waals surface area contributed by atoms with Crippen LogP contribution in [0.1, 0.15) is 22.8 Å². The van der Waals surface area contributed by atoms with Gasteiger partial charge in [0.2, 0.25) is 0 Å². The predicted molar refractivity (Wildman–Crippen MR) is 103 cm³/mol. The lowest BCUT2D eigenvalue weighted by atomic mass is 10.2. The Morgan fingerprint density at radius 3 is 2.36 bits per heavy atom. The fourth-order valence-electron chi connectivity index (χ4n) is 2.04. The van der Waals surface area contributed by atoms with Crippen LogP contribution in [0.5, 0.6) is 5.75 Å². The molecule has 6 heteroatoms. The number of benzene rings is 2. The van der Waals surface area contributed by atoms with E-state index >= 15 is 0 Å². The summed E-state index contributed by atoms with van der Waals surface area (Å²) in [6.45, 7) is 5.63. The van der Waals surface area contributed by atoms with E-state index in [9.17, 15) is 4.79 Å². The number of anilines is 1. The van der Waals surface area contributed by atoms with Gasteiger partial charge in [0.15, 0.2) is 5.11 Å². The number of aryl methyl sites for hydroxylation is 1. The molecule has 25 heavy (non-hydrogen) atoms. The third-order valence-electron chi connectivity index (χ3n) is 3.35. The first-order valence-corrected chi connectivity index (χ1v) is 8.49. The van der Waals surface area contributed by atoms with Crippen LogP contribution in [0, 0.1) is 6.92 Å². The first kappa shape index (κ1) is 18.9. The SMILES string of the molecule is CCOCCOc1ccc(C(=O)NC(=S)Nc2ccc(C)cc2)cc1. The molecule has 2 aromatic carbocycles. The molecule has 0 saturated heterocycles. The molecule has 0 saturated carbocycles. The topological polar surface area (TPSA) is 59.6 Å². The summed E-state index contributed by atoms with van der Waals surface area (Å²) in [6.07, 6.45) is 0. The molecular formula is C19H22N2O3S. The standard InChI is InChI=1S/C19H22N2O3S/c1-3-23-12-13-24-17-10-6-15(7-11-17)18(22)21-19(25)20-16-8-4-14(2)5-9-16/h4-11H,3,12-13H2,1-2H3,(H2,20,21,22,25). The minimum atomic E-state index is -0.273. The molecule has 0 unspecified atom stereocenters. The summed E-state index contributed by atoms with van der Waals surface area (Å²) in [5, 5.41) is 5.90. The van der Waals surface area contributed by atoms with E-state index < -0.39 is 0 Å². The highest BCUT2D eigenvalue weighted by Crippen LogP contribution is 2.12. The Bertz CT molecular complexity index is 700. The van der Waals surface area contributed by atoms with E-state index in [0.29, 0.717) is 31.1 Å². The number of ether oxygens (including phenoxy) is 2. The number of carbonyl (C=O) groups is 1. The highest BCUT2D eigenvalue weighted by atomic mass is 32.1. The molecule has 1 amide bonds. The summed E-state index contributed by atoms with van der Waals surface area (Å²) in [7, 11) is 0. The highest BCUT2D eigenvalue weighted by molar-refractivity contribution is 7.80. The van der Waals surface area contributed by atoms with E-state index in [1.165, 1.54) is 0 Å². The molecule has 132 valence electrons. The van der Waals surface area contributed by atoms with Crippen molar-refractivity contribution in [2.45, 2.75) is 13.8 Å². The molecule has 0 aromatic heterocycles. The molecule has 0 aliphatic carbocycles. The van der Waals surface area contributed by atoms with E-state index in [1.54, 1.807) is 24.3 Å². The van der Waals surface area contributed by atoms with Crippen LogP contribution in [0.3, 0.4) is 0 Å². The lowest BCUT2D eigenvalue weighted by molar-refractivity contribution is 0.0977. The number of nitrogens with one attached hydrogen (secondary N) is 2. The quantitative estimate of drug-likeness (QED) is 0.586. The van der Waals surface area contributed by atoms with Gasteiger partial charge in [-0.1, -0.05) is 17.7 Å². The fourth-order valence-corrected chi connectivity index (χ4v) is 2.25. The monoisotopic (exact) mass is 358 g/mol. The van der Waals surface area contributed by atoms with Crippen LogP contribution < -0.4 is 15.4 Å². The average Bonchev–Trinajstić information content (AvgIpc) is 2.61. The molecule has 0 bridgehead atoms. The van der Waals surface area contributed by atoms with E-state index in [-0.39, 0.29) is 11.0 Å². The van der Waals surface area contributed by atoms with Crippen LogP contribution in [0.25, 0.3) is 0 Å². The first-order valence-electron chi connectivity index (χ1n) is 8.08. The van der Waals surface area contributed by atoms with Gasteiger partial charge in [-0.05, 0) is 62.5 Å². The molecule has 0 fully saturated rings. The third kappa shape index (κ3) is 6.52. The van der Waals surface area contributed by atoms with Gasteiger partial charge in [-0.15, -0.1) is 0 Å². The summed E-state index contributed by atoms with van der Waals surface area (Å²) < 4.78 is 10.7. The van der Waals surface area contributed by atoms with Gasteiger partial charge in [-0.25, -0.2) is 0 Å². The highest BCUT2D eigenvalue weighted by Gasteiger charge is 2.08. The molecule has 5 nitrogen and oxygen atoms in total. The van der Waals surface area contributed by atoms with Crippen molar-refractivity contribution in [1.82, 2.24) is 5.32 Å². The van der Waals surface area contributed by atoms with Gasteiger partial charge >= 0.3 is 0 Å². The summed E-state index contributed by atoms with van der Waals surface area (Å²) in [4.78, 5) is 12.2. The maximum absolute atomic E-state index is 12.2. The lowest BCUT2D eigenvalue weighted by Gasteiger charge is -2.10. The normalized spacial score (nSPS) is 10.2. The fraction of sp³-hybridized carbons (Fsp3) is 0.263. The van der Waals surface area contributed by atoms with E-state index in [2.05, 4.69) is 10.6 Å². The van der Waals surface area contributed by atoms with Crippen LogP contribution in [0.2, 0.25) is 0 Å². The molecule has 0 spiro atoms. The van der Waals surface area contributed by atoms with Gasteiger partial charge in [-0.3, -0.25) is 10.1 Å². The molecule has 0 heterocycles. The van der Waals surface area contributed by atoms with Crippen molar-refractivity contribution in [2.75, 3.05) is 25.1 Å². The van der Waals surface area contributed by atoms with Crippen molar-refractivity contribution < 1.29 is 14.3 Å².